The van der Waals surface area contributed by atoms with E-state index in [2.05, 4.69) is 5.32 Å². The summed E-state index contributed by atoms with van der Waals surface area (Å²) in [5.41, 5.74) is 1.71. The third kappa shape index (κ3) is 3.44. The van der Waals surface area contributed by atoms with E-state index in [0.717, 1.165) is 5.56 Å². The van der Waals surface area contributed by atoms with E-state index in [1.807, 2.05) is 12.1 Å². The molecule has 0 aliphatic carbocycles. The van der Waals surface area contributed by atoms with Gasteiger partial charge in [-0.05, 0) is 42.0 Å². The summed E-state index contributed by atoms with van der Waals surface area (Å²) < 4.78 is 10.5. The van der Waals surface area contributed by atoms with Gasteiger partial charge in [0.2, 0.25) is 12.7 Å². The molecule has 1 amide bonds. The van der Waals surface area contributed by atoms with Gasteiger partial charge in [0, 0.05) is 11.8 Å². The molecule has 2 aromatic rings. The molecular weight excluding hydrogens is 316 g/mol. The highest BCUT2D eigenvalue weighted by Gasteiger charge is 2.12. The number of fused-ring (bicyclic) bond motifs is 1. The van der Waals surface area contributed by atoms with E-state index < -0.39 is 0 Å². The highest BCUT2D eigenvalue weighted by molar-refractivity contribution is 6.32. The first-order valence-electron chi connectivity index (χ1n) is 6.74. The number of rotatable bonds is 3. The van der Waals surface area contributed by atoms with E-state index in [4.69, 9.17) is 26.3 Å². The topological polar surface area (TPSA) is 71.4 Å². The van der Waals surface area contributed by atoms with E-state index in [-0.39, 0.29) is 12.7 Å². The minimum atomic E-state index is -0.302. The quantitative estimate of drug-likeness (QED) is 0.875. The number of nitrogens with one attached hydrogen (secondary N) is 1. The molecule has 0 bridgehead atoms. The monoisotopic (exact) mass is 326 g/mol. The second kappa shape index (κ2) is 6.42. The van der Waals surface area contributed by atoms with E-state index in [0.29, 0.717) is 27.8 Å². The highest BCUT2D eigenvalue weighted by Crippen LogP contribution is 2.32. The van der Waals surface area contributed by atoms with Crippen molar-refractivity contribution in [3.63, 3.8) is 0 Å². The largest absolute Gasteiger partial charge is 0.454 e. The molecule has 23 heavy (non-hydrogen) atoms. The third-order valence-electron chi connectivity index (χ3n) is 3.18. The predicted octanol–water partition coefficient (Wildman–Crippen LogP) is 3.59. The van der Waals surface area contributed by atoms with Crippen LogP contribution in [-0.2, 0) is 4.79 Å². The van der Waals surface area contributed by atoms with Crippen molar-refractivity contribution in [1.82, 2.24) is 0 Å². The molecule has 6 heteroatoms. The lowest BCUT2D eigenvalue weighted by molar-refractivity contribution is -0.111. The van der Waals surface area contributed by atoms with E-state index >= 15 is 0 Å². The Morgan fingerprint density at radius 1 is 1.22 bits per heavy atom. The van der Waals surface area contributed by atoms with Crippen molar-refractivity contribution in [3.05, 3.63) is 58.6 Å². The lowest BCUT2D eigenvalue weighted by Crippen LogP contribution is -2.07. The van der Waals surface area contributed by atoms with Crippen molar-refractivity contribution >= 4 is 29.3 Å². The maximum atomic E-state index is 11.9. The van der Waals surface area contributed by atoms with Gasteiger partial charge >= 0.3 is 0 Å². The summed E-state index contributed by atoms with van der Waals surface area (Å²) in [7, 11) is 0. The molecule has 0 unspecified atom stereocenters. The summed E-state index contributed by atoms with van der Waals surface area (Å²) in [4.78, 5) is 11.9. The number of nitrogens with zero attached hydrogens (tertiary/aromatic N) is 1. The highest BCUT2D eigenvalue weighted by atomic mass is 35.5. The van der Waals surface area contributed by atoms with Gasteiger partial charge in [-0.15, -0.1) is 0 Å². The van der Waals surface area contributed by atoms with E-state index in [1.165, 1.54) is 12.1 Å². The molecule has 0 fully saturated rings. The van der Waals surface area contributed by atoms with Gasteiger partial charge in [0.15, 0.2) is 11.5 Å². The number of anilines is 1. The molecule has 114 valence electrons. The van der Waals surface area contributed by atoms with Crippen molar-refractivity contribution in [1.29, 1.82) is 5.26 Å². The van der Waals surface area contributed by atoms with Crippen LogP contribution in [0.4, 0.5) is 5.69 Å². The number of carbonyl (C=O) groups excluding carboxylic acids is 1. The third-order valence-corrected chi connectivity index (χ3v) is 3.49. The van der Waals surface area contributed by atoms with Crippen LogP contribution in [0.5, 0.6) is 11.5 Å². The Kier molecular flexibility index (Phi) is 4.18. The molecule has 3 rings (SSSR count). The minimum Gasteiger partial charge on any atom is -0.454 e. The van der Waals surface area contributed by atoms with Crippen LogP contribution in [0.2, 0.25) is 5.02 Å². The molecular formula is C17H11ClN2O3. The molecule has 1 aliphatic heterocycles. The van der Waals surface area contributed by atoms with E-state index in [9.17, 15) is 4.79 Å². The zero-order valence-corrected chi connectivity index (χ0v) is 12.6. The molecule has 5 nitrogen and oxygen atoms in total. The predicted molar refractivity (Wildman–Crippen MR) is 86.4 cm³/mol. The van der Waals surface area contributed by atoms with Crippen molar-refractivity contribution in [2.45, 2.75) is 0 Å². The van der Waals surface area contributed by atoms with Crippen molar-refractivity contribution in [2.24, 2.45) is 0 Å². The first-order valence-corrected chi connectivity index (χ1v) is 7.12. The number of halogens is 1. The number of carbonyl (C=O) groups is 1. The van der Waals surface area contributed by atoms with Crippen LogP contribution < -0.4 is 14.8 Å². The van der Waals surface area contributed by atoms with Crippen LogP contribution in [0.15, 0.2) is 42.5 Å². The summed E-state index contributed by atoms with van der Waals surface area (Å²) >= 11 is 5.92. The van der Waals surface area contributed by atoms with Gasteiger partial charge in [0.05, 0.1) is 10.6 Å². The molecule has 1 N–H and O–H groups in total. The molecule has 0 saturated heterocycles. The fraction of sp³-hybridized carbons (Fsp3) is 0.0588. The standard InChI is InChI=1S/C17H11ClN2O3/c18-14-8-13(4-3-12(14)9-19)20-17(21)6-2-11-1-5-15-16(7-11)23-10-22-15/h1-8H,10H2,(H,20,21). The number of hydrogen-bond donors (Lipinski definition) is 1. The van der Waals surface area contributed by atoms with Crippen LogP contribution in [-0.4, -0.2) is 12.7 Å². The van der Waals surface area contributed by atoms with Gasteiger partial charge in [0.25, 0.3) is 0 Å². The smallest absolute Gasteiger partial charge is 0.248 e. The van der Waals surface area contributed by atoms with Crippen LogP contribution in [0.3, 0.4) is 0 Å². The van der Waals surface area contributed by atoms with Gasteiger partial charge in [-0.1, -0.05) is 17.7 Å². The van der Waals surface area contributed by atoms with Crippen LogP contribution in [0.1, 0.15) is 11.1 Å². The zero-order valence-electron chi connectivity index (χ0n) is 11.9. The molecule has 2 aromatic carbocycles. The van der Waals surface area contributed by atoms with E-state index in [1.54, 1.807) is 30.3 Å². The van der Waals surface area contributed by atoms with Crippen molar-refractivity contribution < 1.29 is 14.3 Å². The molecule has 0 spiro atoms. The Morgan fingerprint density at radius 2 is 2.04 bits per heavy atom. The first-order chi connectivity index (χ1) is 11.2. The maximum Gasteiger partial charge on any atom is 0.248 e. The maximum absolute atomic E-state index is 11.9. The van der Waals surface area contributed by atoms with Gasteiger partial charge in [-0.25, -0.2) is 0 Å². The summed E-state index contributed by atoms with van der Waals surface area (Å²) in [5, 5.41) is 11.8. The SMILES string of the molecule is N#Cc1ccc(NC(=O)C=Cc2ccc3c(c2)OCO3)cc1Cl. The Hall–Kier alpha value is -2.97. The molecule has 0 radical (unpaired) electrons. The first kappa shape index (κ1) is 14.9. The molecule has 1 heterocycles. The van der Waals surface area contributed by atoms with Gasteiger partial charge < -0.3 is 14.8 Å². The Labute approximate surface area is 137 Å². The zero-order chi connectivity index (χ0) is 16.2. The van der Waals surface area contributed by atoms with Crippen LogP contribution in [0, 0.1) is 11.3 Å². The van der Waals surface area contributed by atoms with Gasteiger partial charge in [0.1, 0.15) is 6.07 Å². The van der Waals surface area contributed by atoms with Crippen molar-refractivity contribution in [3.8, 4) is 17.6 Å². The number of hydrogen-bond acceptors (Lipinski definition) is 4. The number of amides is 1. The number of benzene rings is 2. The average Bonchev–Trinajstić information content (AvgIpc) is 3.01. The normalized spacial score (nSPS) is 12.2. The summed E-state index contributed by atoms with van der Waals surface area (Å²) in [5.74, 6) is 1.05. The lowest BCUT2D eigenvalue weighted by atomic mass is 10.2. The Balaban J connectivity index is 1.67. The minimum absolute atomic E-state index is 0.211. The van der Waals surface area contributed by atoms with Crippen molar-refractivity contribution in [2.75, 3.05) is 12.1 Å². The molecule has 0 saturated carbocycles. The Morgan fingerprint density at radius 3 is 2.83 bits per heavy atom. The summed E-state index contributed by atoms with van der Waals surface area (Å²) in [6.45, 7) is 0.211. The Bertz CT molecular complexity index is 840. The number of nitriles is 1. The van der Waals surface area contributed by atoms with Gasteiger partial charge in [-0.3, -0.25) is 4.79 Å². The summed E-state index contributed by atoms with van der Waals surface area (Å²) in [6.07, 6.45) is 3.08. The van der Waals surface area contributed by atoms with Gasteiger partial charge in [-0.2, -0.15) is 5.26 Å². The fourth-order valence-corrected chi connectivity index (χ4v) is 2.28. The average molecular weight is 327 g/mol. The lowest BCUT2D eigenvalue weighted by Gasteiger charge is -2.03. The molecule has 0 atom stereocenters. The van der Waals surface area contributed by atoms with Crippen LogP contribution in [0.25, 0.3) is 6.08 Å². The number of ether oxygens (including phenoxy) is 2. The summed E-state index contributed by atoms with van der Waals surface area (Å²) in [6, 6.07) is 12.1. The molecule has 0 aromatic heterocycles. The van der Waals surface area contributed by atoms with Crippen LogP contribution >= 0.6 is 11.6 Å². The second-order valence-electron chi connectivity index (χ2n) is 4.74. The second-order valence-corrected chi connectivity index (χ2v) is 5.15. The fourth-order valence-electron chi connectivity index (χ4n) is 2.06. The molecule has 1 aliphatic rings.